The molecule has 0 spiro atoms. The molecule has 16 rings (SSSR count). The third kappa shape index (κ3) is 17.1. The van der Waals surface area contributed by atoms with Crippen LogP contribution in [0, 0.1) is 154 Å². The monoisotopic (exact) mass is 1390 g/mol. The van der Waals surface area contributed by atoms with Crippen molar-refractivity contribution >= 4 is 128 Å². The Balaban J connectivity index is 0.000000156. The Kier molecular flexibility index (Phi) is 25.7. The van der Waals surface area contributed by atoms with Gasteiger partial charge in [0.05, 0.1) is 27.1 Å². The normalized spacial score (nSPS) is 9.23. The summed E-state index contributed by atoms with van der Waals surface area (Å²) in [7, 11) is 0.706. The maximum Gasteiger partial charge on any atom is 0.569 e. The molecule has 0 aliphatic carbocycles. The molecular weight excluding hydrogens is 1330 g/mol. The first-order valence-electron chi connectivity index (χ1n) is 32.5. The molecule has 4 aromatic heterocycles. The number of rotatable bonds is 5. The van der Waals surface area contributed by atoms with Gasteiger partial charge in [-0.2, -0.15) is 0 Å². The lowest BCUT2D eigenvalue weighted by Gasteiger charge is -2.08. The van der Waals surface area contributed by atoms with Crippen LogP contribution in [0.5, 0.6) is 5.75 Å². The molecule has 1 radical (unpaired) electrons. The van der Waals surface area contributed by atoms with E-state index in [1.807, 2.05) is 78.9 Å². The first-order chi connectivity index (χ1) is 51.5. The van der Waals surface area contributed by atoms with E-state index in [1.165, 1.54) is 54.4 Å². The Bertz CT molecular complexity index is 6900. The Labute approximate surface area is 630 Å². The van der Waals surface area contributed by atoms with E-state index in [9.17, 15) is 0 Å². The Hall–Kier alpha value is -15.2. The van der Waals surface area contributed by atoms with Crippen molar-refractivity contribution in [1.82, 2.24) is 9.13 Å². The predicted octanol–water partition coefficient (Wildman–Crippen LogP) is 21.6. The zero-order valence-corrected chi connectivity index (χ0v) is 56.5. The van der Waals surface area contributed by atoms with E-state index in [-0.39, 0.29) is 22.3 Å². The standard InChI is InChI=1S/C34H21NO.C28H6.C18H13BNO2.C16H9ClO.3CH4/c1-2-10-24(11-3-1)35-30-16-7-6-13-27(30)29-21-23(17-19-31(29)35)26-14-8-15-28-33-25-12-5-4-9-22(25)18-20-32(33)36-34(26)28;1-3-5-7-9-11-13-15-17-19-21-23-25-27-28-26-24-22-20-18-16-14-12-10-8-6-4-2;21-19-22-14-10-11-18-16(12-14)15-8-4-5-9-17(15)20(18)13-6-2-1-3-7-13;17-13-7-3-6-12-15-11-5-2-1-4-10(11)8-9-14(15)18-16(12)13;;;/h1-21H;1-2H3;1-12,21H;1-9H;3*1H4. The summed E-state index contributed by atoms with van der Waals surface area (Å²) >= 11 is 6.19. The highest BCUT2D eigenvalue weighted by Gasteiger charge is 2.19. The highest BCUT2D eigenvalue weighted by Crippen LogP contribution is 2.42. The second-order valence-corrected chi connectivity index (χ2v) is 22.7. The van der Waals surface area contributed by atoms with Crippen LogP contribution in [0.25, 0.3) is 132 Å². The molecule has 107 heavy (non-hydrogen) atoms. The van der Waals surface area contributed by atoms with E-state index in [4.69, 9.17) is 30.1 Å². The molecule has 6 nitrogen and oxygen atoms in total. The minimum atomic E-state index is 0. The number of para-hydroxylation sites is 6. The topological polar surface area (TPSA) is 65.6 Å². The summed E-state index contributed by atoms with van der Waals surface area (Å²) in [6.45, 7) is 3.39. The van der Waals surface area contributed by atoms with Crippen LogP contribution in [0.1, 0.15) is 36.1 Å². The SMILES string of the molecule is C.C.C.CC#CC#CC#CC#CC#CC#CC#CC#CC#CC#CC#CC#CC#CC.Clc1cccc2c1oc1ccc3ccccc3c12.O[B]Oc1ccc2c(c1)c1ccccc1n2-c1ccccc1.c1ccc(-n2c3ccccc3c3cc(-c4cccc5c4oc4ccc6ccccc6c45)ccc32)cc1. The molecular formula is C99H61BClN2O4. The number of fused-ring (bicyclic) bond motifs is 16. The van der Waals surface area contributed by atoms with Gasteiger partial charge in [-0.1, -0.05) is 216 Å². The van der Waals surface area contributed by atoms with Gasteiger partial charge in [0.15, 0.2) is 5.58 Å². The zero-order valence-electron chi connectivity index (χ0n) is 55.8. The lowest BCUT2D eigenvalue weighted by atomic mass is 9.99. The number of hydrogen-bond acceptors (Lipinski definition) is 4. The molecule has 0 aliphatic rings. The van der Waals surface area contributed by atoms with E-state index < -0.39 is 0 Å². The Morgan fingerprint density at radius 2 is 0.673 bits per heavy atom. The molecule has 501 valence electrons. The summed E-state index contributed by atoms with van der Waals surface area (Å²) in [6.07, 6.45) is 0. The van der Waals surface area contributed by atoms with Gasteiger partial charge in [0.2, 0.25) is 0 Å². The molecule has 0 atom stereocenters. The van der Waals surface area contributed by atoms with E-state index in [1.54, 1.807) is 13.8 Å². The highest BCUT2D eigenvalue weighted by molar-refractivity contribution is 6.36. The minimum absolute atomic E-state index is 0. The van der Waals surface area contributed by atoms with Gasteiger partial charge in [-0.3, -0.25) is 0 Å². The van der Waals surface area contributed by atoms with Gasteiger partial charge >= 0.3 is 7.69 Å². The van der Waals surface area contributed by atoms with Crippen molar-refractivity contribution in [2.45, 2.75) is 36.1 Å². The van der Waals surface area contributed by atoms with Crippen LogP contribution in [-0.2, 0) is 0 Å². The Morgan fingerprint density at radius 3 is 1.12 bits per heavy atom. The van der Waals surface area contributed by atoms with E-state index in [0.29, 0.717) is 18.5 Å². The number of halogens is 1. The van der Waals surface area contributed by atoms with Crippen molar-refractivity contribution < 1.29 is 18.5 Å². The molecule has 0 aliphatic heterocycles. The van der Waals surface area contributed by atoms with Crippen molar-refractivity contribution in [2.75, 3.05) is 0 Å². The molecule has 0 saturated heterocycles. The largest absolute Gasteiger partial charge is 0.569 e. The average Bonchev–Trinajstić information content (AvgIpc) is 1.60. The van der Waals surface area contributed by atoms with Gasteiger partial charge in [0.1, 0.15) is 22.5 Å². The number of furan rings is 2. The van der Waals surface area contributed by atoms with Gasteiger partial charge in [-0.25, -0.2) is 0 Å². The fourth-order valence-electron chi connectivity index (χ4n) is 12.1. The maximum atomic E-state index is 8.84. The van der Waals surface area contributed by atoms with Gasteiger partial charge in [-0.05, 0) is 221 Å². The summed E-state index contributed by atoms with van der Waals surface area (Å²) in [5, 5.41) is 23.7. The molecule has 0 unspecified atom stereocenters. The highest BCUT2D eigenvalue weighted by atomic mass is 35.5. The molecule has 0 saturated carbocycles. The minimum Gasteiger partial charge on any atom is -0.537 e. The molecule has 12 aromatic carbocycles. The molecule has 16 aromatic rings. The molecule has 1 N–H and O–H groups in total. The smallest absolute Gasteiger partial charge is 0.537 e. The van der Waals surface area contributed by atoms with Crippen LogP contribution in [0.4, 0.5) is 0 Å². The molecule has 0 bridgehead atoms. The van der Waals surface area contributed by atoms with Crippen LogP contribution in [0.2, 0.25) is 5.02 Å². The Morgan fingerprint density at radius 1 is 0.318 bits per heavy atom. The summed E-state index contributed by atoms with van der Waals surface area (Å²) in [6, 6.07) is 87.9. The molecule has 0 amide bonds. The number of benzene rings is 12. The van der Waals surface area contributed by atoms with Crippen molar-refractivity contribution in [3.05, 3.63) is 260 Å². The number of aromatic nitrogens is 2. The lowest BCUT2D eigenvalue weighted by Crippen LogP contribution is -1.99. The third-order valence-corrected chi connectivity index (χ3v) is 16.6. The fourth-order valence-corrected chi connectivity index (χ4v) is 12.3. The lowest BCUT2D eigenvalue weighted by molar-refractivity contribution is 0.454. The average molecular weight is 1390 g/mol. The quantitative estimate of drug-likeness (QED) is 0.138. The molecule has 8 heteroatoms. The first-order valence-corrected chi connectivity index (χ1v) is 32.8. The number of hydrogen-bond donors (Lipinski definition) is 1. The number of nitrogens with zero attached hydrogens (tertiary/aromatic N) is 2. The van der Waals surface area contributed by atoms with Crippen molar-refractivity contribution in [3.63, 3.8) is 0 Å². The van der Waals surface area contributed by atoms with Crippen LogP contribution in [-0.4, -0.2) is 21.8 Å². The summed E-state index contributed by atoms with van der Waals surface area (Å²) in [4.78, 5) is 0. The van der Waals surface area contributed by atoms with Gasteiger partial charge in [0, 0.05) is 107 Å². The first kappa shape index (κ1) is 74.4. The van der Waals surface area contributed by atoms with E-state index in [2.05, 4.69) is 339 Å². The van der Waals surface area contributed by atoms with Crippen LogP contribution in [0.3, 0.4) is 0 Å². The predicted molar refractivity (Wildman–Crippen MR) is 449 cm³/mol. The van der Waals surface area contributed by atoms with Crippen LogP contribution < -0.4 is 4.65 Å². The van der Waals surface area contributed by atoms with Gasteiger partial charge < -0.3 is 27.6 Å². The maximum absolute atomic E-state index is 8.84. The third-order valence-electron chi connectivity index (χ3n) is 16.3. The summed E-state index contributed by atoms with van der Waals surface area (Å²) in [5.74, 6) is 66.2. The van der Waals surface area contributed by atoms with Gasteiger partial charge in [0.25, 0.3) is 0 Å². The second-order valence-electron chi connectivity index (χ2n) is 22.3. The van der Waals surface area contributed by atoms with Gasteiger partial charge in [-0.15, -0.1) is 0 Å². The summed E-state index contributed by atoms with van der Waals surface area (Å²) in [5.41, 5.74) is 12.8. The van der Waals surface area contributed by atoms with E-state index >= 15 is 0 Å². The molecule has 0 fully saturated rings. The van der Waals surface area contributed by atoms with Crippen LogP contribution in [0.15, 0.2) is 264 Å². The summed E-state index contributed by atoms with van der Waals surface area (Å²) < 4.78 is 22.1. The second kappa shape index (κ2) is 36.9. The van der Waals surface area contributed by atoms with Crippen molar-refractivity contribution in [2.24, 2.45) is 0 Å². The zero-order chi connectivity index (χ0) is 71.1. The van der Waals surface area contributed by atoms with Crippen LogP contribution >= 0.6 is 11.6 Å². The fraction of sp³-hybridized carbons (Fsp3) is 0.0505. The molecule has 4 heterocycles. The van der Waals surface area contributed by atoms with Crippen molar-refractivity contribution in [1.29, 1.82) is 0 Å². The van der Waals surface area contributed by atoms with Crippen molar-refractivity contribution in [3.8, 4) is 182 Å². The van der Waals surface area contributed by atoms with E-state index in [0.717, 1.165) is 77.1 Å².